The third-order valence-corrected chi connectivity index (χ3v) is 3.91. The van der Waals surface area contributed by atoms with E-state index < -0.39 is 6.10 Å². The number of benzene rings is 2. The van der Waals surface area contributed by atoms with E-state index in [1.54, 1.807) is 6.07 Å². The fourth-order valence-electron chi connectivity index (χ4n) is 2.42. The average molecular weight is 332 g/mol. The molecule has 4 nitrogen and oxygen atoms in total. The SMILES string of the molecule is O=C(NCCCc1ccc(Cl)cc1)C1COc2ccccc2O1. The Hall–Kier alpha value is -2.20. The Balaban J connectivity index is 1.42. The summed E-state index contributed by atoms with van der Waals surface area (Å²) >= 11 is 5.85. The number of rotatable bonds is 5. The highest BCUT2D eigenvalue weighted by Crippen LogP contribution is 2.30. The van der Waals surface area contributed by atoms with Crippen LogP contribution in [0, 0.1) is 0 Å². The smallest absolute Gasteiger partial charge is 0.264 e. The second-order valence-electron chi connectivity index (χ2n) is 5.39. The minimum Gasteiger partial charge on any atom is -0.485 e. The molecular formula is C18H18ClNO3. The van der Waals surface area contributed by atoms with Crippen molar-refractivity contribution >= 4 is 17.5 Å². The number of carbonyl (C=O) groups excluding carboxylic acids is 1. The van der Waals surface area contributed by atoms with Crippen molar-refractivity contribution in [1.82, 2.24) is 5.32 Å². The van der Waals surface area contributed by atoms with Crippen LogP contribution in [0.4, 0.5) is 0 Å². The quantitative estimate of drug-likeness (QED) is 0.856. The predicted molar refractivity (Wildman–Crippen MR) is 89.1 cm³/mol. The lowest BCUT2D eigenvalue weighted by molar-refractivity contribution is -0.130. The summed E-state index contributed by atoms with van der Waals surface area (Å²) in [7, 11) is 0. The molecule has 1 aliphatic heterocycles. The fourth-order valence-corrected chi connectivity index (χ4v) is 2.54. The Kier molecular flexibility index (Phi) is 5.03. The van der Waals surface area contributed by atoms with Crippen LogP contribution in [0.3, 0.4) is 0 Å². The van der Waals surface area contributed by atoms with E-state index in [2.05, 4.69) is 5.32 Å². The van der Waals surface area contributed by atoms with Gasteiger partial charge < -0.3 is 14.8 Å². The van der Waals surface area contributed by atoms with Gasteiger partial charge in [0.15, 0.2) is 11.5 Å². The molecule has 0 aliphatic carbocycles. The molecule has 1 atom stereocenters. The summed E-state index contributed by atoms with van der Waals surface area (Å²) in [5, 5.41) is 3.63. The summed E-state index contributed by atoms with van der Waals surface area (Å²) in [4.78, 5) is 12.1. The van der Waals surface area contributed by atoms with Gasteiger partial charge >= 0.3 is 0 Å². The number of amides is 1. The number of aryl methyl sites for hydroxylation is 1. The van der Waals surface area contributed by atoms with Crippen molar-refractivity contribution < 1.29 is 14.3 Å². The van der Waals surface area contributed by atoms with Crippen molar-refractivity contribution in [1.29, 1.82) is 0 Å². The van der Waals surface area contributed by atoms with E-state index in [1.165, 1.54) is 5.56 Å². The first-order chi connectivity index (χ1) is 11.2. The summed E-state index contributed by atoms with van der Waals surface area (Å²) in [6, 6.07) is 15.1. The first-order valence-electron chi connectivity index (χ1n) is 7.63. The topological polar surface area (TPSA) is 47.6 Å². The number of carbonyl (C=O) groups is 1. The third kappa shape index (κ3) is 4.17. The van der Waals surface area contributed by atoms with Crippen molar-refractivity contribution in [2.24, 2.45) is 0 Å². The van der Waals surface area contributed by atoms with Gasteiger partial charge in [-0.05, 0) is 42.7 Å². The molecule has 23 heavy (non-hydrogen) atoms. The Morgan fingerprint density at radius 2 is 1.87 bits per heavy atom. The van der Waals surface area contributed by atoms with E-state index in [0.717, 1.165) is 17.9 Å². The van der Waals surface area contributed by atoms with Gasteiger partial charge in [-0.3, -0.25) is 4.79 Å². The van der Waals surface area contributed by atoms with Crippen molar-refractivity contribution in [2.75, 3.05) is 13.2 Å². The fraction of sp³-hybridized carbons (Fsp3) is 0.278. The largest absolute Gasteiger partial charge is 0.485 e. The van der Waals surface area contributed by atoms with E-state index in [4.69, 9.17) is 21.1 Å². The maximum atomic E-state index is 12.1. The van der Waals surface area contributed by atoms with E-state index in [9.17, 15) is 4.79 Å². The second-order valence-corrected chi connectivity index (χ2v) is 5.82. The number of hydrogen-bond donors (Lipinski definition) is 1. The maximum Gasteiger partial charge on any atom is 0.264 e. The lowest BCUT2D eigenvalue weighted by Crippen LogP contribution is -2.44. The molecule has 0 aromatic heterocycles. The molecule has 1 amide bonds. The number of hydrogen-bond acceptors (Lipinski definition) is 3. The van der Waals surface area contributed by atoms with Crippen LogP contribution in [0.2, 0.25) is 5.02 Å². The summed E-state index contributed by atoms with van der Waals surface area (Å²) < 4.78 is 11.2. The molecule has 3 rings (SSSR count). The standard InChI is InChI=1S/C18H18ClNO3/c19-14-9-7-13(8-10-14)4-3-11-20-18(21)17-12-22-15-5-1-2-6-16(15)23-17/h1-2,5-10,17H,3-4,11-12H2,(H,20,21). The highest BCUT2D eigenvalue weighted by Gasteiger charge is 2.26. The molecule has 0 fully saturated rings. The molecule has 0 saturated heterocycles. The van der Waals surface area contributed by atoms with E-state index in [1.807, 2.05) is 42.5 Å². The molecule has 0 bridgehead atoms. The van der Waals surface area contributed by atoms with Crippen molar-refractivity contribution in [3.05, 3.63) is 59.1 Å². The molecule has 1 heterocycles. The number of para-hydroxylation sites is 2. The normalized spacial score (nSPS) is 16.0. The first-order valence-corrected chi connectivity index (χ1v) is 8.01. The number of ether oxygens (including phenoxy) is 2. The van der Waals surface area contributed by atoms with Crippen LogP contribution in [-0.4, -0.2) is 25.2 Å². The zero-order chi connectivity index (χ0) is 16.1. The van der Waals surface area contributed by atoms with Crippen LogP contribution in [-0.2, 0) is 11.2 Å². The zero-order valence-electron chi connectivity index (χ0n) is 12.6. The van der Waals surface area contributed by atoms with Crippen LogP contribution >= 0.6 is 11.6 Å². The van der Waals surface area contributed by atoms with Crippen LogP contribution in [0.5, 0.6) is 11.5 Å². The van der Waals surface area contributed by atoms with Gasteiger partial charge in [0.2, 0.25) is 6.10 Å². The van der Waals surface area contributed by atoms with Crippen LogP contribution in [0.25, 0.3) is 0 Å². The van der Waals surface area contributed by atoms with Crippen molar-refractivity contribution in [3.63, 3.8) is 0 Å². The molecule has 1 aliphatic rings. The molecule has 2 aromatic carbocycles. The molecule has 0 spiro atoms. The molecule has 1 unspecified atom stereocenters. The molecule has 120 valence electrons. The van der Waals surface area contributed by atoms with E-state index >= 15 is 0 Å². The van der Waals surface area contributed by atoms with Gasteiger partial charge in [-0.2, -0.15) is 0 Å². The molecule has 2 aromatic rings. The van der Waals surface area contributed by atoms with Crippen molar-refractivity contribution in [2.45, 2.75) is 18.9 Å². The molecule has 0 saturated carbocycles. The lowest BCUT2D eigenvalue weighted by Gasteiger charge is -2.25. The van der Waals surface area contributed by atoms with E-state index in [0.29, 0.717) is 18.0 Å². The maximum absolute atomic E-state index is 12.1. The van der Waals surface area contributed by atoms with Crippen LogP contribution in [0.1, 0.15) is 12.0 Å². The Morgan fingerprint density at radius 1 is 1.13 bits per heavy atom. The number of halogens is 1. The summed E-state index contributed by atoms with van der Waals surface area (Å²) in [6.07, 6.45) is 1.15. The summed E-state index contributed by atoms with van der Waals surface area (Å²) in [5.74, 6) is 1.15. The van der Waals surface area contributed by atoms with Gasteiger partial charge in [-0.1, -0.05) is 35.9 Å². The van der Waals surface area contributed by atoms with Gasteiger partial charge in [0.1, 0.15) is 6.61 Å². The van der Waals surface area contributed by atoms with E-state index in [-0.39, 0.29) is 12.5 Å². The average Bonchev–Trinajstić information content (AvgIpc) is 2.59. The molecule has 1 N–H and O–H groups in total. The Labute approximate surface area is 140 Å². The number of nitrogens with one attached hydrogen (secondary N) is 1. The van der Waals surface area contributed by atoms with Gasteiger partial charge in [0, 0.05) is 11.6 Å². The zero-order valence-corrected chi connectivity index (χ0v) is 13.4. The monoisotopic (exact) mass is 331 g/mol. The van der Waals surface area contributed by atoms with Gasteiger partial charge in [-0.25, -0.2) is 0 Å². The van der Waals surface area contributed by atoms with Crippen molar-refractivity contribution in [3.8, 4) is 11.5 Å². The molecule has 0 radical (unpaired) electrons. The van der Waals surface area contributed by atoms with Gasteiger partial charge in [0.05, 0.1) is 0 Å². The summed E-state index contributed by atoms with van der Waals surface area (Å²) in [6.45, 7) is 0.836. The predicted octanol–water partition coefficient (Wildman–Crippen LogP) is 3.23. The Bertz CT molecular complexity index is 672. The highest BCUT2D eigenvalue weighted by atomic mass is 35.5. The minimum atomic E-state index is -0.597. The first kappa shape index (κ1) is 15.7. The number of fused-ring (bicyclic) bond motifs is 1. The van der Waals surface area contributed by atoms with Crippen LogP contribution < -0.4 is 14.8 Å². The van der Waals surface area contributed by atoms with Gasteiger partial charge in [0.25, 0.3) is 5.91 Å². The third-order valence-electron chi connectivity index (χ3n) is 3.66. The minimum absolute atomic E-state index is 0.143. The Morgan fingerprint density at radius 3 is 2.65 bits per heavy atom. The molecule has 5 heteroatoms. The highest BCUT2D eigenvalue weighted by molar-refractivity contribution is 6.30. The second kappa shape index (κ2) is 7.38. The molecular weight excluding hydrogens is 314 g/mol. The lowest BCUT2D eigenvalue weighted by atomic mass is 10.1. The van der Waals surface area contributed by atoms with Gasteiger partial charge in [-0.15, -0.1) is 0 Å². The summed E-state index contributed by atoms with van der Waals surface area (Å²) in [5.41, 5.74) is 1.20. The van der Waals surface area contributed by atoms with Crippen LogP contribution in [0.15, 0.2) is 48.5 Å².